The van der Waals surface area contributed by atoms with Crippen molar-refractivity contribution in [3.8, 4) is 0 Å². The predicted octanol–water partition coefficient (Wildman–Crippen LogP) is 1.14. The second-order valence-electron chi connectivity index (χ2n) is 3.29. The number of hydrogen-bond acceptors (Lipinski definition) is 2. The van der Waals surface area contributed by atoms with Crippen molar-refractivity contribution in [1.29, 1.82) is 0 Å². The lowest BCUT2D eigenvalue weighted by molar-refractivity contribution is -0.108. The molecule has 2 fully saturated rings. The van der Waals surface area contributed by atoms with Crippen molar-refractivity contribution in [2.75, 3.05) is 0 Å². The molecule has 0 N–H and O–H groups in total. The molecule has 0 spiro atoms. The molecular formula is C8H12O2. The number of rotatable bonds is 2. The molecule has 2 heteroatoms. The molecule has 0 bridgehead atoms. The van der Waals surface area contributed by atoms with E-state index in [2.05, 4.69) is 0 Å². The van der Waals surface area contributed by atoms with Gasteiger partial charge in [-0.25, -0.2) is 0 Å². The average molecular weight is 140 g/mol. The first-order valence-electron chi connectivity index (χ1n) is 3.99. The van der Waals surface area contributed by atoms with Crippen LogP contribution in [0.25, 0.3) is 0 Å². The third-order valence-electron chi connectivity index (χ3n) is 2.54. The van der Waals surface area contributed by atoms with Crippen molar-refractivity contribution < 1.29 is 9.53 Å². The van der Waals surface area contributed by atoms with E-state index in [0.717, 1.165) is 19.1 Å². The molecule has 0 amide bonds. The number of hydrogen-bond donors (Lipinski definition) is 0. The highest BCUT2D eigenvalue weighted by Gasteiger charge is 2.43. The first kappa shape index (κ1) is 6.35. The Morgan fingerprint density at radius 3 is 3.00 bits per heavy atom. The molecule has 1 aliphatic heterocycles. The summed E-state index contributed by atoms with van der Waals surface area (Å²) in [7, 11) is 0. The molecule has 0 aromatic rings. The van der Waals surface area contributed by atoms with E-state index < -0.39 is 0 Å². The SMILES string of the molecule is O=CCC1CCC2OC2C1. The number of fused-ring (bicyclic) bond motifs is 1. The van der Waals surface area contributed by atoms with E-state index in [4.69, 9.17) is 4.74 Å². The van der Waals surface area contributed by atoms with Crippen molar-refractivity contribution in [2.24, 2.45) is 5.92 Å². The van der Waals surface area contributed by atoms with Gasteiger partial charge >= 0.3 is 0 Å². The maximum absolute atomic E-state index is 10.2. The summed E-state index contributed by atoms with van der Waals surface area (Å²) in [6.45, 7) is 0. The highest BCUT2D eigenvalue weighted by Crippen LogP contribution is 2.40. The van der Waals surface area contributed by atoms with E-state index in [-0.39, 0.29) is 0 Å². The summed E-state index contributed by atoms with van der Waals surface area (Å²) < 4.78 is 5.34. The third kappa shape index (κ3) is 1.08. The molecule has 2 rings (SSSR count). The number of epoxide rings is 1. The van der Waals surface area contributed by atoms with Crippen molar-refractivity contribution in [3.05, 3.63) is 0 Å². The minimum atomic E-state index is 0.527. The van der Waals surface area contributed by atoms with Crippen molar-refractivity contribution >= 4 is 6.29 Å². The first-order valence-corrected chi connectivity index (χ1v) is 3.99. The lowest BCUT2D eigenvalue weighted by Crippen LogP contribution is -2.13. The van der Waals surface area contributed by atoms with Gasteiger partial charge in [0.1, 0.15) is 6.29 Å². The fraction of sp³-hybridized carbons (Fsp3) is 0.875. The van der Waals surface area contributed by atoms with Crippen molar-refractivity contribution in [2.45, 2.75) is 37.9 Å². The molecule has 3 atom stereocenters. The Balaban J connectivity index is 1.82. The van der Waals surface area contributed by atoms with Gasteiger partial charge in [-0.3, -0.25) is 0 Å². The minimum Gasteiger partial charge on any atom is -0.370 e. The first-order chi connectivity index (χ1) is 4.90. The van der Waals surface area contributed by atoms with Gasteiger partial charge in [0.25, 0.3) is 0 Å². The van der Waals surface area contributed by atoms with Gasteiger partial charge in [0.15, 0.2) is 0 Å². The highest BCUT2D eigenvalue weighted by molar-refractivity contribution is 5.49. The van der Waals surface area contributed by atoms with Gasteiger partial charge in [0, 0.05) is 6.42 Å². The molecule has 0 aromatic heterocycles. The fourth-order valence-corrected chi connectivity index (χ4v) is 1.84. The van der Waals surface area contributed by atoms with Gasteiger partial charge in [0.05, 0.1) is 12.2 Å². The zero-order chi connectivity index (χ0) is 6.97. The zero-order valence-electron chi connectivity index (χ0n) is 5.95. The van der Waals surface area contributed by atoms with E-state index in [1.54, 1.807) is 0 Å². The van der Waals surface area contributed by atoms with Gasteiger partial charge in [-0.15, -0.1) is 0 Å². The standard InChI is InChI=1S/C8H12O2/c9-4-3-6-1-2-7-8(5-6)10-7/h4,6-8H,1-3,5H2. The third-order valence-corrected chi connectivity index (χ3v) is 2.54. The molecule has 1 saturated carbocycles. The summed E-state index contributed by atoms with van der Waals surface area (Å²) in [4.78, 5) is 10.2. The molecule has 2 nitrogen and oxygen atoms in total. The molecule has 1 aliphatic carbocycles. The van der Waals surface area contributed by atoms with Crippen LogP contribution < -0.4 is 0 Å². The second kappa shape index (κ2) is 2.35. The molecule has 3 unspecified atom stereocenters. The Hall–Kier alpha value is -0.370. The van der Waals surface area contributed by atoms with Crippen LogP contribution in [0.5, 0.6) is 0 Å². The normalized spacial score (nSPS) is 44.2. The molecule has 0 aromatic carbocycles. The van der Waals surface area contributed by atoms with Crippen LogP contribution in [0.3, 0.4) is 0 Å². The van der Waals surface area contributed by atoms with E-state index in [1.165, 1.54) is 12.8 Å². The van der Waals surface area contributed by atoms with E-state index in [9.17, 15) is 4.79 Å². The van der Waals surface area contributed by atoms with Crippen LogP contribution in [-0.4, -0.2) is 18.5 Å². The molecule has 2 aliphatic rings. The van der Waals surface area contributed by atoms with E-state index in [0.29, 0.717) is 18.1 Å². The molecule has 56 valence electrons. The molecule has 0 radical (unpaired) electrons. The van der Waals surface area contributed by atoms with Crippen LogP contribution in [0.2, 0.25) is 0 Å². The molecule has 1 heterocycles. The summed E-state index contributed by atoms with van der Waals surface area (Å²) >= 11 is 0. The minimum absolute atomic E-state index is 0.527. The van der Waals surface area contributed by atoms with Gasteiger partial charge in [-0.2, -0.15) is 0 Å². The Morgan fingerprint density at radius 1 is 1.40 bits per heavy atom. The van der Waals surface area contributed by atoms with Crippen molar-refractivity contribution in [1.82, 2.24) is 0 Å². The maximum Gasteiger partial charge on any atom is 0.120 e. The van der Waals surface area contributed by atoms with E-state index >= 15 is 0 Å². The maximum atomic E-state index is 10.2. The summed E-state index contributed by atoms with van der Waals surface area (Å²) in [5.74, 6) is 0.626. The summed E-state index contributed by atoms with van der Waals surface area (Å²) in [6.07, 6.45) is 6.38. The van der Waals surface area contributed by atoms with Crippen LogP contribution in [-0.2, 0) is 9.53 Å². The number of carbonyl (C=O) groups is 1. The summed E-state index contributed by atoms with van der Waals surface area (Å²) in [5, 5.41) is 0. The van der Waals surface area contributed by atoms with Gasteiger partial charge in [-0.1, -0.05) is 0 Å². The molecular weight excluding hydrogens is 128 g/mol. The monoisotopic (exact) mass is 140 g/mol. The summed E-state index contributed by atoms with van der Waals surface area (Å²) in [5.41, 5.74) is 0. The number of carbonyl (C=O) groups excluding carboxylic acids is 1. The lowest BCUT2D eigenvalue weighted by atomic mass is 9.87. The fourth-order valence-electron chi connectivity index (χ4n) is 1.84. The largest absolute Gasteiger partial charge is 0.370 e. The predicted molar refractivity (Wildman–Crippen MR) is 36.7 cm³/mol. The Bertz CT molecular complexity index is 144. The van der Waals surface area contributed by atoms with Gasteiger partial charge < -0.3 is 9.53 Å². The smallest absolute Gasteiger partial charge is 0.120 e. The van der Waals surface area contributed by atoms with Crippen LogP contribution >= 0.6 is 0 Å². The molecule has 1 saturated heterocycles. The Kier molecular flexibility index (Phi) is 1.49. The highest BCUT2D eigenvalue weighted by atomic mass is 16.6. The van der Waals surface area contributed by atoms with Crippen molar-refractivity contribution in [3.63, 3.8) is 0 Å². The zero-order valence-corrected chi connectivity index (χ0v) is 5.95. The average Bonchev–Trinajstić information content (AvgIpc) is 2.66. The van der Waals surface area contributed by atoms with Crippen LogP contribution in [0.1, 0.15) is 25.7 Å². The van der Waals surface area contributed by atoms with Crippen LogP contribution in [0.15, 0.2) is 0 Å². The van der Waals surface area contributed by atoms with Crippen LogP contribution in [0, 0.1) is 5.92 Å². The van der Waals surface area contributed by atoms with Gasteiger partial charge in [0.2, 0.25) is 0 Å². The number of aldehydes is 1. The number of ether oxygens (including phenoxy) is 1. The second-order valence-corrected chi connectivity index (χ2v) is 3.29. The Morgan fingerprint density at radius 2 is 2.30 bits per heavy atom. The topological polar surface area (TPSA) is 29.6 Å². The van der Waals surface area contributed by atoms with Gasteiger partial charge in [-0.05, 0) is 25.2 Å². The summed E-state index contributed by atoms with van der Waals surface area (Å²) in [6, 6.07) is 0. The quantitative estimate of drug-likeness (QED) is 0.425. The Labute approximate surface area is 60.6 Å². The van der Waals surface area contributed by atoms with E-state index in [1.807, 2.05) is 0 Å². The lowest BCUT2D eigenvalue weighted by Gasteiger charge is -2.14. The molecule has 10 heavy (non-hydrogen) atoms. The van der Waals surface area contributed by atoms with Crippen LogP contribution in [0.4, 0.5) is 0 Å².